The first-order chi connectivity index (χ1) is 6.61. The van der Waals surface area contributed by atoms with Crippen molar-refractivity contribution >= 4 is 0 Å². The van der Waals surface area contributed by atoms with Crippen LogP contribution in [0, 0.1) is 5.41 Å². The molecule has 0 aliphatic heterocycles. The molecule has 0 saturated heterocycles. The van der Waals surface area contributed by atoms with E-state index in [9.17, 15) is 0 Å². The van der Waals surface area contributed by atoms with Gasteiger partial charge in [-0.05, 0) is 12.8 Å². The third-order valence-electron chi connectivity index (χ3n) is 2.71. The summed E-state index contributed by atoms with van der Waals surface area (Å²) in [5.41, 5.74) is -0.388. The summed E-state index contributed by atoms with van der Waals surface area (Å²) in [4.78, 5) is 0. The maximum Gasteiger partial charge on any atom is 0.0518 e. The largest absolute Gasteiger partial charge is 0.396 e. The average Bonchev–Trinajstić information content (AvgIpc) is 2.23. The Bertz CT molecular complexity index is 135. The Hall–Kier alpha value is -0.120. The zero-order valence-electron chi connectivity index (χ0n) is 9.71. The van der Waals surface area contributed by atoms with E-state index in [4.69, 9.17) is 10.2 Å². The second kappa shape index (κ2) is 7.21. The molecule has 0 radical (unpaired) electrons. The Morgan fingerprint density at radius 1 is 1.21 bits per heavy atom. The Morgan fingerprint density at radius 3 is 2.14 bits per heavy atom. The third kappa shape index (κ3) is 4.94. The van der Waals surface area contributed by atoms with E-state index in [0.717, 1.165) is 12.8 Å². The summed E-state index contributed by atoms with van der Waals surface area (Å²) >= 11 is 0. The van der Waals surface area contributed by atoms with Gasteiger partial charge >= 0.3 is 0 Å². The number of hydrogen-bond acceptors (Lipinski definition) is 3. The van der Waals surface area contributed by atoms with Gasteiger partial charge in [-0.25, -0.2) is 0 Å². The summed E-state index contributed by atoms with van der Waals surface area (Å²) in [5, 5.41) is 21.6. The molecule has 0 aliphatic carbocycles. The molecule has 0 aromatic heterocycles. The van der Waals surface area contributed by atoms with Gasteiger partial charge in [-0.15, -0.1) is 0 Å². The predicted octanol–water partition coefficient (Wildman–Crippen LogP) is 1.15. The molecule has 3 nitrogen and oxygen atoms in total. The molecule has 86 valence electrons. The zero-order valence-corrected chi connectivity index (χ0v) is 9.71. The predicted molar refractivity (Wildman–Crippen MR) is 59.3 cm³/mol. The van der Waals surface area contributed by atoms with Crippen molar-refractivity contribution in [3.63, 3.8) is 0 Å². The molecule has 0 heterocycles. The molecule has 3 heteroatoms. The summed E-state index contributed by atoms with van der Waals surface area (Å²) < 4.78 is 0. The Labute approximate surface area is 87.5 Å². The van der Waals surface area contributed by atoms with Gasteiger partial charge < -0.3 is 15.5 Å². The van der Waals surface area contributed by atoms with Crippen LogP contribution in [0.15, 0.2) is 0 Å². The maximum atomic E-state index is 9.10. The molecule has 0 amide bonds. The number of hydrogen-bond donors (Lipinski definition) is 3. The smallest absolute Gasteiger partial charge is 0.0518 e. The fourth-order valence-corrected chi connectivity index (χ4v) is 1.35. The lowest BCUT2D eigenvalue weighted by atomic mass is 9.92. The summed E-state index contributed by atoms with van der Waals surface area (Å²) in [5.74, 6) is 0. The molecule has 0 aromatic rings. The Balaban J connectivity index is 3.87. The maximum absolute atomic E-state index is 9.10. The highest BCUT2D eigenvalue weighted by molar-refractivity contribution is 4.77. The van der Waals surface area contributed by atoms with Crippen molar-refractivity contribution in [2.75, 3.05) is 19.8 Å². The SMILES string of the molecule is CCCC(CC)NCC(C)(CO)CO. The van der Waals surface area contributed by atoms with Crippen LogP contribution in [0.5, 0.6) is 0 Å². The van der Waals surface area contributed by atoms with Crippen LogP contribution >= 0.6 is 0 Å². The van der Waals surface area contributed by atoms with E-state index in [1.807, 2.05) is 6.92 Å². The highest BCUT2D eigenvalue weighted by Gasteiger charge is 2.22. The molecule has 0 fully saturated rings. The van der Waals surface area contributed by atoms with Gasteiger partial charge in [-0.2, -0.15) is 0 Å². The average molecular weight is 203 g/mol. The molecule has 0 aliphatic rings. The molecule has 1 atom stereocenters. The summed E-state index contributed by atoms with van der Waals surface area (Å²) in [6.45, 7) is 6.94. The number of nitrogens with one attached hydrogen (secondary N) is 1. The van der Waals surface area contributed by atoms with Crippen molar-refractivity contribution in [2.24, 2.45) is 5.41 Å². The lowest BCUT2D eigenvalue weighted by molar-refractivity contribution is 0.0668. The minimum absolute atomic E-state index is 0.0268. The van der Waals surface area contributed by atoms with Crippen molar-refractivity contribution in [1.29, 1.82) is 0 Å². The third-order valence-corrected chi connectivity index (χ3v) is 2.71. The van der Waals surface area contributed by atoms with Crippen molar-refractivity contribution in [3.8, 4) is 0 Å². The standard InChI is InChI=1S/C11H25NO2/c1-4-6-10(5-2)12-7-11(3,8-13)9-14/h10,12-14H,4-9H2,1-3H3. The van der Waals surface area contributed by atoms with Gasteiger partial charge in [0.25, 0.3) is 0 Å². The highest BCUT2D eigenvalue weighted by atomic mass is 16.3. The van der Waals surface area contributed by atoms with Crippen molar-refractivity contribution < 1.29 is 10.2 Å². The Morgan fingerprint density at radius 2 is 1.79 bits per heavy atom. The van der Waals surface area contributed by atoms with Crippen LogP contribution in [0.4, 0.5) is 0 Å². The van der Waals surface area contributed by atoms with Crippen LogP contribution in [0.2, 0.25) is 0 Å². The van der Waals surface area contributed by atoms with Crippen LogP contribution in [-0.4, -0.2) is 36.0 Å². The second-order valence-electron chi connectivity index (χ2n) is 4.40. The number of rotatable bonds is 8. The quantitative estimate of drug-likeness (QED) is 0.554. The van der Waals surface area contributed by atoms with Crippen molar-refractivity contribution in [2.45, 2.75) is 46.1 Å². The zero-order chi connectivity index (χ0) is 11.0. The first kappa shape index (κ1) is 13.9. The lowest BCUT2D eigenvalue weighted by Crippen LogP contribution is -2.42. The normalized spacial score (nSPS) is 14.4. The topological polar surface area (TPSA) is 52.5 Å². The number of aliphatic hydroxyl groups is 2. The van der Waals surface area contributed by atoms with E-state index < -0.39 is 0 Å². The minimum Gasteiger partial charge on any atom is -0.396 e. The van der Waals surface area contributed by atoms with Crippen LogP contribution < -0.4 is 5.32 Å². The highest BCUT2D eigenvalue weighted by Crippen LogP contribution is 2.13. The molecular formula is C11H25NO2. The van der Waals surface area contributed by atoms with Crippen LogP contribution in [0.1, 0.15) is 40.0 Å². The second-order valence-corrected chi connectivity index (χ2v) is 4.40. The molecule has 0 aromatic carbocycles. The van der Waals surface area contributed by atoms with E-state index in [1.54, 1.807) is 0 Å². The number of aliphatic hydroxyl groups excluding tert-OH is 2. The molecule has 0 bridgehead atoms. The van der Waals surface area contributed by atoms with E-state index >= 15 is 0 Å². The van der Waals surface area contributed by atoms with Crippen LogP contribution in [0.3, 0.4) is 0 Å². The summed E-state index contributed by atoms with van der Waals surface area (Å²) in [7, 11) is 0. The lowest BCUT2D eigenvalue weighted by Gasteiger charge is -2.28. The fourth-order valence-electron chi connectivity index (χ4n) is 1.35. The first-order valence-corrected chi connectivity index (χ1v) is 5.57. The van der Waals surface area contributed by atoms with Crippen molar-refractivity contribution in [3.05, 3.63) is 0 Å². The van der Waals surface area contributed by atoms with Gasteiger partial charge in [-0.1, -0.05) is 27.2 Å². The van der Waals surface area contributed by atoms with Crippen LogP contribution in [0.25, 0.3) is 0 Å². The van der Waals surface area contributed by atoms with Crippen LogP contribution in [-0.2, 0) is 0 Å². The molecule has 0 saturated carbocycles. The summed E-state index contributed by atoms with van der Waals surface area (Å²) in [6, 6.07) is 0.512. The molecule has 14 heavy (non-hydrogen) atoms. The molecule has 0 rings (SSSR count). The van der Waals surface area contributed by atoms with Gasteiger partial charge in [-0.3, -0.25) is 0 Å². The molecular weight excluding hydrogens is 178 g/mol. The molecule has 0 spiro atoms. The minimum atomic E-state index is -0.388. The first-order valence-electron chi connectivity index (χ1n) is 5.57. The molecule has 3 N–H and O–H groups in total. The van der Waals surface area contributed by atoms with E-state index in [2.05, 4.69) is 19.2 Å². The fraction of sp³-hybridized carbons (Fsp3) is 1.00. The van der Waals surface area contributed by atoms with Gasteiger partial charge in [0.05, 0.1) is 13.2 Å². The van der Waals surface area contributed by atoms with E-state index in [0.29, 0.717) is 12.6 Å². The van der Waals surface area contributed by atoms with Gasteiger partial charge in [0, 0.05) is 18.0 Å². The summed E-state index contributed by atoms with van der Waals surface area (Å²) in [6.07, 6.45) is 3.42. The van der Waals surface area contributed by atoms with E-state index in [1.165, 1.54) is 6.42 Å². The monoisotopic (exact) mass is 203 g/mol. The van der Waals surface area contributed by atoms with Crippen molar-refractivity contribution in [1.82, 2.24) is 5.32 Å². The van der Waals surface area contributed by atoms with E-state index in [-0.39, 0.29) is 18.6 Å². The Kier molecular flexibility index (Phi) is 7.15. The molecule has 1 unspecified atom stereocenters. The van der Waals surface area contributed by atoms with Gasteiger partial charge in [0.15, 0.2) is 0 Å². The van der Waals surface area contributed by atoms with Gasteiger partial charge in [0.1, 0.15) is 0 Å². The van der Waals surface area contributed by atoms with Gasteiger partial charge in [0.2, 0.25) is 0 Å².